The third kappa shape index (κ3) is 4.64. The van der Waals surface area contributed by atoms with Crippen molar-refractivity contribution in [2.75, 3.05) is 32.1 Å². The molecule has 1 atom stereocenters. The monoisotopic (exact) mass is 436 g/mol. The Kier molecular flexibility index (Phi) is 6.48. The average molecular weight is 437 g/mol. The molecule has 2 aromatic heterocycles. The van der Waals surface area contributed by atoms with Crippen molar-refractivity contribution >= 4 is 11.9 Å². The molecule has 1 aliphatic heterocycles. The third-order valence-electron chi connectivity index (χ3n) is 5.95. The number of likely N-dealkylation sites (tertiary alicyclic amines) is 1. The molecule has 0 N–H and O–H groups in total. The normalized spacial score (nSPS) is 16.2. The van der Waals surface area contributed by atoms with Crippen LogP contribution in [0.5, 0.6) is 0 Å². The summed E-state index contributed by atoms with van der Waals surface area (Å²) in [5.41, 5.74) is 2.67. The molecule has 8 heteroatoms. The number of aryl methyl sites for hydroxylation is 1. The smallest absolute Gasteiger partial charge is 0.242 e. The van der Waals surface area contributed by atoms with E-state index in [2.05, 4.69) is 9.97 Å². The Balaban J connectivity index is 1.61. The molecule has 4 rings (SSSR count). The number of imidazole rings is 1. The summed E-state index contributed by atoms with van der Waals surface area (Å²) in [6.07, 6.45) is 8.05. The molecule has 0 unspecified atom stereocenters. The highest BCUT2D eigenvalue weighted by molar-refractivity contribution is 5.76. The summed E-state index contributed by atoms with van der Waals surface area (Å²) >= 11 is 0. The van der Waals surface area contributed by atoms with Crippen LogP contribution < -0.4 is 4.90 Å². The Labute approximate surface area is 187 Å². The molecular weight excluding hydrogens is 407 g/mol. The summed E-state index contributed by atoms with van der Waals surface area (Å²) in [5, 5.41) is 0. The number of benzene rings is 1. The van der Waals surface area contributed by atoms with Gasteiger partial charge >= 0.3 is 0 Å². The summed E-state index contributed by atoms with van der Waals surface area (Å²) in [6.45, 7) is 3.68. The maximum absolute atomic E-state index is 13.5. The summed E-state index contributed by atoms with van der Waals surface area (Å²) in [6, 6.07) is 6.41. The zero-order valence-electron chi connectivity index (χ0n) is 18.8. The number of anilines is 1. The number of hydrogen-bond acceptors (Lipinski definition) is 5. The van der Waals surface area contributed by atoms with Crippen LogP contribution in [-0.2, 0) is 17.8 Å². The number of amides is 1. The van der Waals surface area contributed by atoms with Crippen molar-refractivity contribution < 1.29 is 9.18 Å². The van der Waals surface area contributed by atoms with E-state index in [-0.39, 0.29) is 17.6 Å². The lowest BCUT2D eigenvalue weighted by Crippen LogP contribution is -2.41. The first-order valence-electron chi connectivity index (χ1n) is 11.0. The minimum atomic E-state index is -0.276. The molecule has 1 fully saturated rings. The minimum absolute atomic E-state index is 0.0860. The second-order valence-corrected chi connectivity index (χ2v) is 8.37. The molecular formula is C24H29FN6O. The van der Waals surface area contributed by atoms with Crippen LogP contribution >= 0.6 is 0 Å². The van der Waals surface area contributed by atoms with Crippen molar-refractivity contribution in [2.45, 2.75) is 38.6 Å². The molecule has 0 saturated carbocycles. The summed E-state index contributed by atoms with van der Waals surface area (Å²) < 4.78 is 15.4. The van der Waals surface area contributed by atoms with Crippen molar-refractivity contribution in [1.29, 1.82) is 0 Å². The van der Waals surface area contributed by atoms with Gasteiger partial charge in [-0.1, -0.05) is 19.1 Å². The SMILES string of the molecule is CCc1nccn1CC(=O)N1CCC[C@H](c2nc(N(C)C)ncc2-c2ccc(F)cc2)C1. The van der Waals surface area contributed by atoms with E-state index < -0.39 is 0 Å². The van der Waals surface area contributed by atoms with Crippen molar-refractivity contribution in [2.24, 2.45) is 0 Å². The van der Waals surface area contributed by atoms with Gasteiger partial charge in [0.2, 0.25) is 11.9 Å². The Hall–Kier alpha value is -3.29. The predicted molar refractivity (Wildman–Crippen MR) is 122 cm³/mol. The summed E-state index contributed by atoms with van der Waals surface area (Å²) in [7, 11) is 3.81. The number of piperidine rings is 1. The van der Waals surface area contributed by atoms with E-state index in [4.69, 9.17) is 4.98 Å². The van der Waals surface area contributed by atoms with Crippen LogP contribution in [0, 0.1) is 5.82 Å². The van der Waals surface area contributed by atoms with Gasteiger partial charge in [-0.3, -0.25) is 4.79 Å². The van der Waals surface area contributed by atoms with Crippen molar-refractivity contribution in [3.05, 3.63) is 60.2 Å². The van der Waals surface area contributed by atoms with Gasteiger partial charge in [0.05, 0.1) is 5.69 Å². The lowest BCUT2D eigenvalue weighted by Gasteiger charge is -2.33. The van der Waals surface area contributed by atoms with Crippen molar-refractivity contribution in [3.63, 3.8) is 0 Å². The van der Waals surface area contributed by atoms with Gasteiger partial charge in [-0.15, -0.1) is 0 Å². The molecule has 168 valence electrons. The topological polar surface area (TPSA) is 67.2 Å². The number of nitrogens with zero attached hydrogens (tertiary/aromatic N) is 6. The van der Waals surface area contributed by atoms with Gasteiger partial charge in [0.1, 0.15) is 18.2 Å². The molecule has 1 amide bonds. The first kappa shape index (κ1) is 21.9. The third-order valence-corrected chi connectivity index (χ3v) is 5.95. The molecule has 1 aromatic carbocycles. The number of carbonyl (C=O) groups is 1. The van der Waals surface area contributed by atoms with Crippen LogP contribution in [0.25, 0.3) is 11.1 Å². The van der Waals surface area contributed by atoms with Gasteiger partial charge in [-0.2, -0.15) is 0 Å². The van der Waals surface area contributed by atoms with E-state index in [9.17, 15) is 9.18 Å². The lowest BCUT2D eigenvalue weighted by molar-refractivity contribution is -0.133. The lowest BCUT2D eigenvalue weighted by atomic mass is 9.90. The number of rotatable bonds is 6. The molecule has 0 aliphatic carbocycles. The Morgan fingerprint density at radius 1 is 1.22 bits per heavy atom. The first-order chi connectivity index (χ1) is 15.5. The Morgan fingerprint density at radius 3 is 2.72 bits per heavy atom. The van der Waals surface area contributed by atoms with Gasteiger partial charge in [-0.05, 0) is 30.5 Å². The van der Waals surface area contributed by atoms with Crippen LogP contribution in [0.4, 0.5) is 10.3 Å². The van der Waals surface area contributed by atoms with E-state index in [0.29, 0.717) is 19.0 Å². The van der Waals surface area contributed by atoms with Gasteiger partial charge in [-0.25, -0.2) is 19.3 Å². The van der Waals surface area contributed by atoms with Gasteiger partial charge in [0.15, 0.2) is 0 Å². The van der Waals surface area contributed by atoms with Crippen molar-refractivity contribution in [3.8, 4) is 11.1 Å². The number of carbonyl (C=O) groups excluding carboxylic acids is 1. The Bertz CT molecular complexity index is 1080. The van der Waals surface area contributed by atoms with Crippen LogP contribution in [-0.4, -0.2) is 57.5 Å². The molecule has 1 saturated heterocycles. The fraction of sp³-hybridized carbons (Fsp3) is 0.417. The van der Waals surface area contributed by atoms with Gasteiger partial charge in [0, 0.05) is 63.7 Å². The van der Waals surface area contributed by atoms with Gasteiger partial charge in [0.25, 0.3) is 0 Å². The van der Waals surface area contributed by atoms with E-state index in [1.807, 2.05) is 47.8 Å². The highest BCUT2D eigenvalue weighted by Crippen LogP contribution is 2.34. The van der Waals surface area contributed by atoms with Crippen LogP contribution in [0.15, 0.2) is 42.9 Å². The second-order valence-electron chi connectivity index (χ2n) is 8.37. The molecule has 32 heavy (non-hydrogen) atoms. The maximum Gasteiger partial charge on any atom is 0.242 e. The molecule has 1 aliphatic rings. The quantitative estimate of drug-likeness (QED) is 0.592. The maximum atomic E-state index is 13.5. The van der Waals surface area contributed by atoms with Gasteiger partial charge < -0.3 is 14.4 Å². The number of aromatic nitrogens is 4. The van der Waals surface area contributed by atoms with Crippen LogP contribution in [0.1, 0.15) is 37.2 Å². The summed E-state index contributed by atoms with van der Waals surface area (Å²) in [4.78, 5) is 30.5. The van der Waals surface area contributed by atoms with E-state index >= 15 is 0 Å². The molecule has 3 aromatic rings. The molecule has 0 bridgehead atoms. The largest absolute Gasteiger partial charge is 0.347 e. The molecule has 3 heterocycles. The van der Waals surface area contributed by atoms with E-state index in [1.165, 1.54) is 12.1 Å². The minimum Gasteiger partial charge on any atom is -0.347 e. The average Bonchev–Trinajstić information content (AvgIpc) is 3.26. The molecule has 0 spiro atoms. The van der Waals surface area contributed by atoms with E-state index in [0.717, 1.165) is 48.5 Å². The number of hydrogen-bond donors (Lipinski definition) is 0. The Morgan fingerprint density at radius 2 is 2.00 bits per heavy atom. The fourth-order valence-electron chi connectivity index (χ4n) is 4.23. The first-order valence-corrected chi connectivity index (χ1v) is 11.0. The fourth-order valence-corrected chi connectivity index (χ4v) is 4.23. The van der Waals surface area contributed by atoms with Crippen LogP contribution in [0.2, 0.25) is 0 Å². The predicted octanol–water partition coefficient (Wildman–Crippen LogP) is 3.51. The second kappa shape index (κ2) is 9.46. The van der Waals surface area contributed by atoms with E-state index in [1.54, 1.807) is 18.3 Å². The summed E-state index contributed by atoms with van der Waals surface area (Å²) in [5.74, 6) is 1.44. The standard InChI is InChI=1S/C24H29FN6O/c1-4-21-26-11-13-30(21)16-22(32)31-12-5-6-18(15-31)23-20(14-27-24(28-23)29(2)3)17-7-9-19(25)10-8-17/h7-11,13-14,18H,4-6,12,15-16H2,1-3H3/t18-/m0/s1. The highest BCUT2D eigenvalue weighted by Gasteiger charge is 2.28. The highest BCUT2D eigenvalue weighted by atomic mass is 19.1. The van der Waals surface area contributed by atoms with Crippen LogP contribution in [0.3, 0.4) is 0 Å². The molecule has 7 nitrogen and oxygen atoms in total. The van der Waals surface area contributed by atoms with Crippen molar-refractivity contribution in [1.82, 2.24) is 24.4 Å². The zero-order valence-corrected chi connectivity index (χ0v) is 18.8. The molecule has 0 radical (unpaired) electrons. The zero-order chi connectivity index (χ0) is 22.7. The number of halogens is 1.